The first-order valence-electron chi connectivity index (χ1n) is 8.07. The molecule has 1 atom stereocenters. The molecule has 124 valence electrons. The van der Waals surface area contributed by atoms with Crippen molar-refractivity contribution in [3.8, 4) is 0 Å². The maximum atomic E-state index is 4.62. The zero-order chi connectivity index (χ0) is 15.6. The van der Waals surface area contributed by atoms with Gasteiger partial charge >= 0.3 is 0 Å². The van der Waals surface area contributed by atoms with Crippen LogP contribution in [0.4, 0.5) is 5.82 Å². The van der Waals surface area contributed by atoms with Crippen molar-refractivity contribution in [2.24, 2.45) is 0 Å². The van der Waals surface area contributed by atoms with Gasteiger partial charge in [-0.1, -0.05) is 36.4 Å². The van der Waals surface area contributed by atoms with Gasteiger partial charge in [0.1, 0.15) is 12.1 Å². The lowest BCUT2D eigenvalue weighted by molar-refractivity contribution is 0.486. The molecule has 5 heteroatoms. The number of piperazine rings is 1. The smallest absolute Gasteiger partial charge is 0.140 e. The number of hydrogen-bond acceptors (Lipinski definition) is 4. The van der Waals surface area contributed by atoms with Gasteiger partial charge < -0.3 is 10.2 Å². The number of fused-ring (bicyclic) bond motifs is 1. The van der Waals surface area contributed by atoms with E-state index in [1.54, 1.807) is 6.33 Å². The van der Waals surface area contributed by atoms with Crippen LogP contribution in [0.3, 0.4) is 0 Å². The second-order valence-corrected chi connectivity index (χ2v) is 5.98. The second kappa shape index (κ2) is 7.16. The van der Waals surface area contributed by atoms with E-state index in [4.69, 9.17) is 0 Å². The molecule has 4 rings (SSSR count). The number of aromatic nitrogens is 2. The van der Waals surface area contributed by atoms with Crippen molar-refractivity contribution < 1.29 is 0 Å². The Balaban J connectivity index is 0.00000169. The molecule has 1 aromatic heterocycles. The monoisotopic (exact) mass is 340 g/mol. The number of anilines is 1. The molecule has 1 N–H and O–H groups in total. The first-order valence-corrected chi connectivity index (χ1v) is 8.07. The number of aryl methyl sites for hydroxylation is 1. The summed E-state index contributed by atoms with van der Waals surface area (Å²) >= 11 is 0. The van der Waals surface area contributed by atoms with Crippen LogP contribution in [0.5, 0.6) is 0 Å². The molecule has 2 heterocycles. The van der Waals surface area contributed by atoms with Crippen molar-refractivity contribution in [1.29, 1.82) is 0 Å². The molecular weight excluding hydrogens is 320 g/mol. The molecule has 4 nitrogen and oxygen atoms in total. The molecule has 0 aliphatic carbocycles. The molecule has 1 aliphatic heterocycles. The normalized spacial score (nSPS) is 17.5. The lowest BCUT2D eigenvalue weighted by Crippen LogP contribution is -2.46. The summed E-state index contributed by atoms with van der Waals surface area (Å²) in [4.78, 5) is 11.4. The number of nitrogens with one attached hydrogen (secondary N) is 1. The van der Waals surface area contributed by atoms with Crippen molar-refractivity contribution in [1.82, 2.24) is 15.3 Å². The van der Waals surface area contributed by atoms with Crippen LogP contribution in [-0.4, -0.2) is 29.6 Å². The lowest BCUT2D eigenvalue weighted by atomic mass is 9.98. The molecule has 1 unspecified atom stereocenters. The largest absolute Gasteiger partial charge is 0.346 e. The minimum absolute atomic E-state index is 0. The third-order valence-corrected chi connectivity index (χ3v) is 4.58. The first kappa shape index (κ1) is 16.7. The highest BCUT2D eigenvalue weighted by molar-refractivity contribution is 5.89. The Kier molecular flexibility index (Phi) is 4.97. The minimum atomic E-state index is 0. The highest BCUT2D eigenvalue weighted by Gasteiger charge is 2.27. The molecule has 1 saturated heterocycles. The fourth-order valence-corrected chi connectivity index (χ4v) is 3.42. The first-order chi connectivity index (χ1) is 11.3. The van der Waals surface area contributed by atoms with Crippen LogP contribution in [-0.2, 0) is 0 Å². The quantitative estimate of drug-likeness (QED) is 0.775. The van der Waals surface area contributed by atoms with Crippen molar-refractivity contribution in [3.05, 3.63) is 66.0 Å². The van der Waals surface area contributed by atoms with E-state index in [0.717, 1.165) is 36.4 Å². The Bertz CT molecular complexity index is 831. The summed E-state index contributed by atoms with van der Waals surface area (Å²) in [5.41, 5.74) is 3.69. The van der Waals surface area contributed by atoms with Gasteiger partial charge in [0.15, 0.2) is 0 Å². The highest BCUT2D eigenvalue weighted by Crippen LogP contribution is 2.32. The minimum Gasteiger partial charge on any atom is -0.346 e. The van der Waals surface area contributed by atoms with E-state index in [9.17, 15) is 0 Å². The van der Waals surface area contributed by atoms with Gasteiger partial charge in [-0.05, 0) is 30.2 Å². The summed E-state index contributed by atoms with van der Waals surface area (Å²) < 4.78 is 0. The molecule has 24 heavy (non-hydrogen) atoms. The Morgan fingerprint density at radius 3 is 2.71 bits per heavy atom. The molecule has 0 radical (unpaired) electrons. The fraction of sp³-hybridized carbons (Fsp3) is 0.263. The van der Waals surface area contributed by atoms with Gasteiger partial charge in [0.25, 0.3) is 0 Å². The maximum Gasteiger partial charge on any atom is 0.140 e. The molecule has 0 bridgehead atoms. The Morgan fingerprint density at radius 1 is 1.04 bits per heavy atom. The van der Waals surface area contributed by atoms with Gasteiger partial charge in [-0.2, -0.15) is 0 Å². The van der Waals surface area contributed by atoms with Crippen LogP contribution >= 0.6 is 12.4 Å². The van der Waals surface area contributed by atoms with Crippen molar-refractivity contribution >= 4 is 29.1 Å². The van der Waals surface area contributed by atoms with Gasteiger partial charge in [0.05, 0.1) is 11.6 Å². The zero-order valence-corrected chi connectivity index (χ0v) is 14.5. The van der Waals surface area contributed by atoms with Crippen LogP contribution < -0.4 is 10.2 Å². The van der Waals surface area contributed by atoms with E-state index in [1.165, 1.54) is 11.1 Å². The molecule has 0 saturated carbocycles. The molecule has 2 aromatic carbocycles. The topological polar surface area (TPSA) is 41.0 Å². The molecule has 3 aromatic rings. The standard InChI is InChI=1S/C19H20N4.ClH/c1-14-6-2-3-7-15(14)18-12-20-10-11-23(18)19-16-8-4-5-9-17(16)21-13-22-19;/h2-9,13,18,20H,10-12H2,1H3;1H. The van der Waals surface area contributed by atoms with Crippen molar-refractivity contribution in [3.63, 3.8) is 0 Å². The maximum absolute atomic E-state index is 4.62. The third kappa shape index (κ3) is 2.95. The number of rotatable bonds is 2. The average molecular weight is 341 g/mol. The summed E-state index contributed by atoms with van der Waals surface area (Å²) in [5, 5.41) is 4.64. The SMILES string of the molecule is Cc1ccccc1C1CNCCN1c1ncnc2ccccc12.Cl. The summed E-state index contributed by atoms with van der Waals surface area (Å²) in [6, 6.07) is 17.2. The van der Waals surface area contributed by atoms with Crippen molar-refractivity contribution in [2.45, 2.75) is 13.0 Å². The molecule has 1 fully saturated rings. The second-order valence-electron chi connectivity index (χ2n) is 5.98. The van der Waals surface area contributed by atoms with Gasteiger partial charge in [-0.3, -0.25) is 0 Å². The van der Waals surface area contributed by atoms with Crippen molar-refractivity contribution in [2.75, 3.05) is 24.5 Å². The van der Waals surface area contributed by atoms with Crippen LogP contribution in [0.1, 0.15) is 17.2 Å². The Labute approximate surface area is 148 Å². The summed E-state index contributed by atoms with van der Waals surface area (Å²) in [5.74, 6) is 1.03. The van der Waals surface area contributed by atoms with E-state index >= 15 is 0 Å². The van der Waals surface area contributed by atoms with Crippen LogP contribution in [0.2, 0.25) is 0 Å². The Morgan fingerprint density at radius 2 is 1.83 bits per heavy atom. The zero-order valence-electron chi connectivity index (χ0n) is 13.6. The average Bonchev–Trinajstić information content (AvgIpc) is 2.62. The third-order valence-electron chi connectivity index (χ3n) is 4.58. The summed E-state index contributed by atoms with van der Waals surface area (Å²) in [6.07, 6.45) is 1.68. The van der Waals surface area contributed by atoms with E-state index in [1.807, 2.05) is 12.1 Å². The number of benzene rings is 2. The molecule has 0 spiro atoms. The number of hydrogen-bond donors (Lipinski definition) is 1. The van der Waals surface area contributed by atoms with Crippen LogP contribution in [0, 0.1) is 6.92 Å². The molecular formula is C19H21ClN4. The lowest BCUT2D eigenvalue weighted by Gasteiger charge is -2.38. The highest BCUT2D eigenvalue weighted by atomic mass is 35.5. The summed E-state index contributed by atoms with van der Waals surface area (Å²) in [7, 11) is 0. The van der Waals surface area contributed by atoms with Gasteiger partial charge in [-0.15, -0.1) is 12.4 Å². The number of nitrogens with zero attached hydrogens (tertiary/aromatic N) is 3. The van der Waals surface area contributed by atoms with Gasteiger partial charge in [-0.25, -0.2) is 9.97 Å². The van der Waals surface area contributed by atoms with E-state index in [2.05, 4.69) is 63.5 Å². The van der Waals surface area contributed by atoms with E-state index in [0.29, 0.717) is 6.04 Å². The fourth-order valence-electron chi connectivity index (χ4n) is 3.42. The van der Waals surface area contributed by atoms with E-state index in [-0.39, 0.29) is 12.4 Å². The Hall–Kier alpha value is -2.17. The summed E-state index contributed by atoms with van der Waals surface area (Å²) in [6.45, 7) is 5.03. The van der Waals surface area contributed by atoms with E-state index < -0.39 is 0 Å². The van der Waals surface area contributed by atoms with Gasteiger partial charge in [0.2, 0.25) is 0 Å². The molecule has 1 aliphatic rings. The number of halogens is 1. The predicted molar refractivity (Wildman–Crippen MR) is 101 cm³/mol. The molecule has 0 amide bonds. The predicted octanol–water partition coefficient (Wildman–Crippen LogP) is 3.51. The van der Waals surface area contributed by atoms with Crippen LogP contribution in [0.25, 0.3) is 10.9 Å². The van der Waals surface area contributed by atoms with Crippen LogP contribution in [0.15, 0.2) is 54.9 Å². The van der Waals surface area contributed by atoms with Gasteiger partial charge in [0, 0.05) is 25.0 Å². The number of para-hydroxylation sites is 1.